The Hall–Kier alpha value is -2.02. The van der Waals surface area contributed by atoms with Crippen LogP contribution < -0.4 is 0 Å². The van der Waals surface area contributed by atoms with E-state index in [4.69, 9.17) is 5.11 Å². The zero-order valence-corrected chi connectivity index (χ0v) is 10.8. The highest BCUT2D eigenvalue weighted by molar-refractivity contribution is 5.25. The Bertz CT molecular complexity index is 391. The Balaban J connectivity index is 0.000000141. The van der Waals surface area contributed by atoms with Gasteiger partial charge in [0.15, 0.2) is 0 Å². The van der Waals surface area contributed by atoms with E-state index in [0.717, 1.165) is 18.4 Å². The molecular formula is C17H20O. The zero-order valence-electron chi connectivity index (χ0n) is 10.8. The van der Waals surface area contributed by atoms with Gasteiger partial charge in [-0.05, 0) is 37.5 Å². The lowest BCUT2D eigenvalue weighted by Gasteiger charge is -1.89. The normalized spacial score (nSPS) is 13.8. The second-order valence-electron chi connectivity index (χ2n) is 4.02. The molecule has 0 fully saturated rings. The fourth-order valence-corrected chi connectivity index (χ4v) is 1.41. The summed E-state index contributed by atoms with van der Waals surface area (Å²) in [5.74, 6) is 0.338. The quantitative estimate of drug-likeness (QED) is 0.696. The van der Waals surface area contributed by atoms with Crippen molar-refractivity contribution < 1.29 is 5.11 Å². The molecule has 0 spiro atoms. The van der Waals surface area contributed by atoms with Gasteiger partial charge in [-0.25, -0.2) is 0 Å². The largest absolute Gasteiger partial charge is 0.508 e. The molecule has 0 aromatic heterocycles. The van der Waals surface area contributed by atoms with Crippen LogP contribution in [0.15, 0.2) is 72.9 Å². The average molecular weight is 240 g/mol. The first-order chi connectivity index (χ1) is 8.79. The maximum absolute atomic E-state index is 8.81. The number of allylic oxidation sites excluding steroid dienone is 8. The van der Waals surface area contributed by atoms with E-state index in [2.05, 4.69) is 48.6 Å². The van der Waals surface area contributed by atoms with Crippen molar-refractivity contribution in [3.63, 3.8) is 0 Å². The third kappa shape index (κ3) is 7.29. The van der Waals surface area contributed by atoms with Crippen LogP contribution in [0.5, 0.6) is 5.75 Å². The molecule has 1 heteroatoms. The van der Waals surface area contributed by atoms with Gasteiger partial charge in [-0.2, -0.15) is 0 Å². The van der Waals surface area contributed by atoms with E-state index >= 15 is 0 Å². The molecule has 3 rings (SSSR count). The van der Waals surface area contributed by atoms with Crippen LogP contribution in [0.25, 0.3) is 0 Å². The van der Waals surface area contributed by atoms with Crippen molar-refractivity contribution in [1.29, 1.82) is 0 Å². The number of phenolic OH excluding ortho intramolecular Hbond substituents is 1. The van der Waals surface area contributed by atoms with E-state index < -0.39 is 0 Å². The summed E-state index contributed by atoms with van der Waals surface area (Å²) in [5, 5.41) is 8.81. The van der Waals surface area contributed by atoms with Crippen molar-refractivity contribution in [3.8, 4) is 5.75 Å². The van der Waals surface area contributed by atoms with E-state index in [0.29, 0.717) is 5.75 Å². The van der Waals surface area contributed by atoms with Gasteiger partial charge in [0.2, 0.25) is 0 Å². The second-order valence-corrected chi connectivity index (χ2v) is 4.02. The van der Waals surface area contributed by atoms with Gasteiger partial charge in [0.25, 0.3) is 0 Å². The summed E-state index contributed by atoms with van der Waals surface area (Å²) in [7, 11) is 0. The van der Waals surface area contributed by atoms with Crippen LogP contribution in [0.1, 0.15) is 18.4 Å². The highest BCUT2D eigenvalue weighted by atomic mass is 16.3. The highest BCUT2D eigenvalue weighted by Gasteiger charge is 1.83. The third-order valence-electron chi connectivity index (χ3n) is 2.31. The zero-order chi connectivity index (χ0) is 13.1. The van der Waals surface area contributed by atoms with Crippen molar-refractivity contribution >= 4 is 0 Å². The predicted molar refractivity (Wildman–Crippen MR) is 78.6 cm³/mol. The lowest BCUT2D eigenvalue weighted by Crippen LogP contribution is -1.66. The molecule has 1 aromatic carbocycles. The summed E-state index contributed by atoms with van der Waals surface area (Å²) in [5.41, 5.74) is 1.09. The van der Waals surface area contributed by atoms with Gasteiger partial charge in [0.1, 0.15) is 5.75 Å². The Morgan fingerprint density at radius 2 is 1.33 bits per heavy atom. The molecule has 2 aliphatic rings. The molecule has 0 bridgehead atoms. The number of rotatable bonds is 0. The molecule has 0 atom stereocenters. The van der Waals surface area contributed by atoms with Gasteiger partial charge >= 0.3 is 0 Å². The average Bonchev–Trinajstić information content (AvgIpc) is 3.09. The van der Waals surface area contributed by atoms with Crippen molar-refractivity contribution in [2.24, 2.45) is 0 Å². The van der Waals surface area contributed by atoms with Gasteiger partial charge in [0.05, 0.1) is 0 Å². The summed E-state index contributed by atoms with van der Waals surface area (Å²) < 4.78 is 0. The Morgan fingerprint density at radius 3 is 1.56 bits per heavy atom. The van der Waals surface area contributed by atoms with Gasteiger partial charge in [-0.3, -0.25) is 0 Å². The molecule has 94 valence electrons. The molecule has 18 heavy (non-hydrogen) atoms. The Labute approximate surface area is 109 Å². The standard InChI is InChI=1S/C7H8O.2C5H6/c1-6-3-2-4-7(8)5-6;2*1-2-4-5-3-1/h2-5,8H,1H3;2*1-4H,5H2. The summed E-state index contributed by atoms with van der Waals surface area (Å²) in [6, 6.07) is 7.15. The van der Waals surface area contributed by atoms with Crippen LogP contribution in [0.3, 0.4) is 0 Å². The van der Waals surface area contributed by atoms with Gasteiger partial charge in [-0.1, -0.05) is 60.7 Å². The summed E-state index contributed by atoms with van der Waals surface area (Å²) >= 11 is 0. The molecule has 0 radical (unpaired) electrons. The van der Waals surface area contributed by atoms with Crippen molar-refractivity contribution in [3.05, 3.63) is 78.4 Å². The van der Waals surface area contributed by atoms with Gasteiger partial charge < -0.3 is 5.11 Å². The first kappa shape index (κ1) is 14.0. The number of aromatic hydroxyl groups is 1. The lowest BCUT2D eigenvalue weighted by atomic mass is 10.2. The minimum absolute atomic E-state index is 0.338. The number of aryl methyl sites for hydroxylation is 1. The van der Waals surface area contributed by atoms with Crippen LogP contribution >= 0.6 is 0 Å². The number of benzene rings is 1. The highest BCUT2D eigenvalue weighted by Crippen LogP contribution is 2.08. The predicted octanol–water partition coefficient (Wildman–Crippen LogP) is 4.71. The van der Waals surface area contributed by atoms with Crippen molar-refractivity contribution in [2.75, 3.05) is 0 Å². The van der Waals surface area contributed by atoms with Crippen molar-refractivity contribution in [1.82, 2.24) is 0 Å². The lowest BCUT2D eigenvalue weighted by molar-refractivity contribution is 0.475. The van der Waals surface area contributed by atoms with Crippen LogP contribution in [0.2, 0.25) is 0 Å². The molecular weight excluding hydrogens is 220 g/mol. The maximum atomic E-state index is 8.81. The van der Waals surface area contributed by atoms with E-state index in [1.807, 2.05) is 19.1 Å². The molecule has 1 N–H and O–H groups in total. The molecule has 0 saturated carbocycles. The summed E-state index contributed by atoms with van der Waals surface area (Å²) in [6.07, 6.45) is 19.0. The SMILES string of the molecule is C1=CCC=C1.C1=CCC=C1.Cc1cccc(O)c1. The first-order valence-corrected chi connectivity index (χ1v) is 6.18. The number of phenols is 1. The molecule has 0 amide bonds. The van der Waals surface area contributed by atoms with E-state index in [-0.39, 0.29) is 0 Å². The van der Waals surface area contributed by atoms with Crippen LogP contribution in [0, 0.1) is 6.92 Å². The van der Waals surface area contributed by atoms with Crippen LogP contribution in [0.4, 0.5) is 0 Å². The fraction of sp³-hybridized carbons (Fsp3) is 0.176. The van der Waals surface area contributed by atoms with Crippen LogP contribution in [-0.2, 0) is 0 Å². The molecule has 2 aliphatic carbocycles. The van der Waals surface area contributed by atoms with E-state index in [1.165, 1.54) is 0 Å². The maximum Gasteiger partial charge on any atom is 0.115 e. The molecule has 1 nitrogen and oxygen atoms in total. The molecule has 0 unspecified atom stereocenters. The monoisotopic (exact) mass is 240 g/mol. The first-order valence-electron chi connectivity index (χ1n) is 6.18. The topological polar surface area (TPSA) is 20.2 Å². The molecule has 1 aromatic rings. The molecule has 0 saturated heterocycles. The molecule has 0 heterocycles. The third-order valence-corrected chi connectivity index (χ3v) is 2.31. The van der Waals surface area contributed by atoms with E-state index in [9.17, 15) is 0 Å². The van der Waals surface area contributed by atoms with Crippen molar-refractivity contribution in [2.45, 2.75) is 19.8 Å². The van der Waals surface area contributed by atoms with Gasteiger partial charge in [-0.15, -0.1) is 0 Å². The Kier molecular flexibility index (Phi) is 7.07. The number of hydrogen-bond donors (Lipinski definition) is 1. The Morgan fingerprint density at radius 1 is 0.833 bits per heavy atom. The number of hydrogen-bond acceptors (Lipinski definition) is 1. The van der Waals surface area contributed by atoms with Crippen LogP contribution in [-0.4, -0.2) is 5.11 Å². The minimum atomic E-state index is 0.338. The summed E-state index contributed by atoms with van der Waals surface area (Å²) in [4.78, 5) is 0. The smallest absolute Gasteiger partial charge is 0.115 e. The fourth-order valence-electron chi connectivity index (χ4n) is 1.41. The second kappa shape index (κ2) is 9.06. The van der Waals surface area contributed by atoms with E-state index in [1.54, 1.807) is 12.1 Å². The molecule has 0 aliphatic heterocycles. The minimum Gasteiger partial charge on any atom is -0.508 e. The van der Waals surface area contributed by atoms with Gasteiger partial charge in [0, 0.05) is 0 Å². The summed E-state index contributed by atoms with van der Waals surface area (Å²) in [6.45, 7) is 1.94.